The number of esters is 1. The highest BCUT2D eigenvalue weighted by atomic mass is 16.5. The Hall–Kier alpha value is -3.55. The zero-order chi connectivity index (χ0) is 22.3. The van der Waals surface area contributed by atoms with E-state index in [1.165, 1.54) is 7.11 Å². The minimum absolute atomic E-state index is 0.0632. The third kappa shape index (κ3) is 9.66. The van der Waals surface area contributed by atoms with Crippen LogP contribution in [0.3, 0.4) is 0 Å². The summed E-state index contributed by atoms with van der Waals surface area (Å²) < 4.78 is 15.5. The van der Waals surface area contributed by atoms with Crippen LogP contribution in [-0.4, -0.2) is 50.7 Å². The summed E-state index contributed by atoms with van der Waals surface area (Å²) in [5, 5.41) is 5.39. The summed E-state index contributed by atoms with van der Waals surface area (Å²) in [6, 6.07) is 17.2. The molecule has 0 bridgehead atoms. The van der Waals surface area contributed by atoms with Crippen LogP contribution < -0.4 is 20.1 Å². The quantitative estimate of drug-likeness (QED) is 0.374. The van der Waals surface area contributed by atoms with Gasteiger partial charge in [-0.15, -0.1) is 0 Å². The molecule has 2 aromatic carbocycles. The summed E-state index contributed by atoms with van der Waals surface area (Å²) >= 11 is 0. The lowest BCUT2D eigenvalue weighted by Gasteiger charge is -2.17. The number of carbonyl (C=O) groups excluding carboxylic acids is 3. The van der Waals surface area contributed by atoms with Crippen molar-refractivity contribution in [3.05, 3.63) is 60.7 Å². The first-order chi connectivity index (χ1) is 15.1. The Bertz CT molecular complexity index is 813. The number of carbonyl (C=O) groups is 3. The molecule has 166 valence electrons. The van der Waals surface area contributed by atoms with Crippen LogP contribution in [0.25, 0.3) is 0 Å². The van der Waals surface area contributed by atoms with Gasteiger partial charge in [-0.25, -0.2) is 4.79 Å². The van der Waals surface area contributed by atoms with Gasteiger partial charge in [0.1, 0.15) is 17.5 Å². The Kier molecular flexibility index (Phi) is 10.4. The molecule has 1 atom stereocenters. The summed E-state index contributed by atoms with van der Waals surface area (Å²) in [6.45, 7) is 0.178. The van der Waals surface area contributed by atoms with E-state index in [2.05, 4.69) is 10.6 Å². The SMILES string of the molecule is COC(=O)[C@H](CCCCNC(=O)COc1ccccc1)NC(=O)COc1ccccc1. The Balaban J connectivity index is 1.63. The topological polar surface area (TPSA) is 103 Å². The molecule has 0 spiro atoms. The Morgan fingerprint density at radius 2 is 1.35 bits per heavy atom. The smallest absolute Gasteiger partial charge is 0.328 e. The second-order valence-electron chi connectivity index (χ2n) is 6.69. The van der Waals surface area contributed by atoms with Gasteiger partial charge in [0.05, 0.1) is 7.11 Å². The zero-order valence-electron chi connectivity index (χ0n) is 17.5. The van der Waals surface area contributed by atoms with Crippen LogP contribution in [0.4, 0.5) is 0 Å². The van der Waals surface area contributed by atoms with Crippen LogP contribution in [0.1, 0.15) is 19.3 Å². The largest absolute Gasteiger partial charge is 0.484 e. The highest BCUT2D eigenvalue weighted by molar-refractivity contribution is 5.85. The molecule has 0 aliphatic rings. The highest BCUT2D eigenvalue weighted by Crippen LogP contribution is 2.09. The Labute approximate surface area is 181 Å². The average Bonchev–Trinajstić information content (AvgIpc) is 2.81. The van der Waals surface area contributed by atoms with E-state index in [1.54, 1.807) is 36.4 Å². The molecule has 0 fully saturated rings. The van der Waals surface area contributed by atoms with Gasteiger partial charge in [-0.2, -0.15) is 0 Å². The van der Waals surface area contributed by atoms with Crippen molar-refractivity contribution in [3.8, 4) is 11.5 Å². The van der Waals surface area contributed by atoms with Gasteiger partial charge in [0.2, 0.25) is 0 Å². The molecule has 0 radical (unpaired) electrons. The number of ether oxygens (including phenoxy) is 3. The number of unbranched alkanes of at least 4 members (excludes halogenated alkanes) is 1. The van der Waals surface area contributed by atoms with E-state index in [1.807, 2.05) is 24.3 Å². The van der Waals surface area contributed by atoms with Gasteiger partial charge in [-0.1, -0.05) is 36.4 Å². The van der Waals surface area contributed by atoms with Crippen LogP contribution in [0.5, 0.6) is 11.5 Å². The number of nitrogens with one attached hydrogen (secondary N) is 2. The fourth-order valence-corrected chi connectivity index (χ4v) is 2.71. The Morgan fingerprint density at radius 3 is 1.90 bits per heavy atom. The maximum absolute atomic E-state index is 12.1. The molecule has 2 aromatic rings. The molecule has 0 aromatic heterocycles. The zero-order valence-corrected chi connectivity index (χ0v) is 17.5. The predicted molar refractivity (Wildman–Crippen MR) is 115 cm³/mol. The van der Waals surface area contributed by atoms with Crippen LogP contribution in [-0.2, 0) is 19.1 Å². The minimum Gasteiger partial charge on any atom is -0.484 e. The number of rotatable bonds is 13. The standard InChI is InChI=1S/C23H28N2O6/c1-29-23(28)20(25-22(27)17-31-19-12-6-3-7-13-19)14-8-9-15-24-21(26)16-30-18-10-4-2-5-11-18/h2-7,10-13,20H,8-9,14-17H2,1H3,(H,24,26)(H,25,27)/t20-/m0/s1. The number of para-hydroxylation sites is 2. The number of amides is 2. The lowest BCUT2D eigenvalue weighted by molar-refractivity contribution is -0.145. The molecule has 0 saturated carbocycles. The number of methoxy groups -OCH3 is 1. The molecule has 8 heteroatoms. The van der Waals surface area contributed by atoms with Crippen molar-refractivity contribution >= 4 is 17.8 Å². The van der Waals surface area contributed by atoms with Gasteiger partial charge in [0.15, 0.2) is 13.2 Å². The molecule has 0 aliphatic heterocycles. The third-order valence-electron chi connectivity index (χ3n) is 4.29. The highest BCUT2D eigenvalue weighted by Gasteiger charge is 2.21. The van der Waals surface area contributed by atoms with Crippen LogP contribution in [0, 0.1) is 0 Å². The van der Waals surface area contributed by atoms with E-state index in [-0.39, 0.29) is 19.1 Å². The fourth-order valence-electron chi connectivity index (χ4n) is 2.71. The molecule has 0 unspecified atom stereocenters. The van der Waals surface area contributed by atoms with Gasteiger partial charge >= 0.3 is 5.97 Å². The second kappa shape index (κ2) is 13.6. The molecule has 31 heavy (non-hydrogen) atoms. The molecule has 0 heterocycles. The second-order valence-corrected chi connectivity index (χ2v) is 6.69. The summed E-state index contributed by atoms with van der Waals surface area (Å²) in [5.41, 5.74) is 0. The van der Waals surface area contributed by atoms with Gasteiger partial charge < -0.3 is 24.8 Å². The number of hydrogen-bond acceptors (Lipinski definition) is 6. The molecule has 0 saturated heterocycles. The molecular formula is C23H28N2O6. The van der Waals surface area contributed by atoms with E-state index in [9.17, 15) is 14.4 Å². The van der Waals surface area contributed by atoms with Crippen molar-refractivity contribution in [1.29, 1.82) is 0 Å². The van der Waals surface area contributed by atoms with Gasteiger partial charge in [0, 0.05) is 6.54 Å². The lowest BCUT2D eigenvalue weighted by Crippen LogP contribution is -2.43. The first-order valence-electron chi connectivity index (χ1n) is 10.1. The number of hydrogen-bond donors (Lipinski definition) is 2. The van der Waals surface area contributed by atoms with E-state index < -0.39 is 17.9 Å². The summed E-state index contributed by atoms with van der Waals surface area (Å²) in [6.07, 6.45) is 1.64. The molecule has 2 amide bonds. The third-order valence-corrected chi connectivity index (χ3v) is 4.29. The lowest BCUT2D eigenvalue weighted by atomic mass is 10.1. The monoisotopic (exact) mass is 428 g/mol. The van der Waals surface area contributed by atoms with Crippen molar-refractivity contribution in [2.45, 2.75) is 25.3 Å². The Morgan fingerprint density at radius 1 is 0.806 bits per heavy atom. The van der Waals surface area contributed by atoms with Crippen LogP contribution in [0.2, 0.25) is 0 Å². The minimum atomic E-state index is -0.769. The van der Waals surface area contributed by atoms with Crippen molar-refractivity contribution in [2.24, 2.45) is 0 Å². The summed E-state index contributed by atoms with van der Waals surface area (Å²) in [4.78, 5) is 35.9. The maximum atomic E-state index is 12.1. The van der Waals surface area contributed by atoms with Crippen molar-refractivity contribution in [1.82, 2.24) is 10.6 Å². The molecule has 0 aliphatic carbocycles. The first kappa shape index (κ1) is 23.7. The number of benzene rings is 2. The van der Waals surface area contributed by atoms with Crippen LogP contribution >= 0.6 is 0 Å². The first-order valence-corrected chi connectivity index (χ1v) is 10.1. The summed E-state index contributed by atoms with van der Waals surface area (Å²) in [7, 11) is 1.27. The fraction of sp³-hybridized carbons (Fsp3) is 0.348. The van der Waals surface area contributed by atoms with Crippen molar-refractivity contribution < 1.29 is 28.6 Å². The average molecular weight is 428 g/mol. The van der Waals surface area contributed by atoms with Crippen LogP contribution in [0.15, 0.2) is 60.7 Å². The molecule has 2 rings (SSSR count). The van der Waals surface area contributed by atoms with Crippen molar-refractivity contribution in [3.63, 3.8) is 0 Å². The van der Waals surface area contributed by atoms with E-state index in [4.69, 9.17) is 14.2 Å². The van der Waals surface area contributed by atoms with Crippen molar-refractivity contribution in [2.75, 3.05) is 26.9 Å². The maximum Gasteiger partial charge on any atom is 0.328 e. The van der Waals surface area contributed by atoms with E-state index in [0.717, 1.165) is 0 Å². The van der Waals surface area contributed by atoms with E-state index in [0.29, 0.717) is 37.3 Å². The van der Waals surface area contributed by atoms with Gasteiger partial charge in [-0.3, -0.25) is 9.59 Å². The molecular weight excluding hydrogens is 400 g/mol. The summed E-state index contributed by atoms with van der Waals surface area (Å²) in [5.74, 6) is 0.0449. The molecule has 8 nitrogen and oxygen atoms in total. The van der Waals surface area contributed by atoms with E-state index >= 15 is 0 Å². The van der Waals surface area contributed by atoms with Gasteiger partial charge in [0.25, 0.3) is 11.8 Å². The van der Waals surface area contributed by atoms with Gasteiger partial charge in [-0.05, 0) is 43.5 Å². The molecule has 2 N–H and O–H groups in total. The normalized spacial score (nSPS) is 11.1. The predicted octanol–water partition coefficient (Wildman–Crippen LogP) is 2.09.